The van der Waals surface area contributed by atoms with Crippen molar-refractivity contribution in [3.05, 3.63) is 22.7 Å². The summed E-state index contributed by atoms with van der Waals surface area (Å²) >= 11 is 5.91. The van der Waals surface area contributed by atoms with E-state index in [1.54, 1.807) is 12.1 Å². The molecule has 0 aliphatic carbocycles. The molecule has 0 heterocycles. The van der Waals surface area contributed by atoms with E-state index in [0.29, 0.717) is 16.5 Å². The average molecular weight is 230 g/mol. The van der Waals surface area contributed by atoms with Gasteiger partial charge >= 0.3 is 6.09 Å². The molecule has 82 valence electrons. The van der Waals surface area contributed by atoms with E-state index in [-0.39, 0.29) is 0 Å². The van der Waals surface area contributed by atoms with Crippen molar-refractivity contribution in [2.24, 2.45) is 0 Å². The van der Waals surface area contributed by atoms with Crippen LogP contribution in [0.15, 0.2) is 12.1 Å². The molecule has 1 rings (SSSR count). The topological polar surface area (TPSA) is 47.6 Å². The molecule has 0 saturated carbocycles. The van der Waals surface area contributed by atoms with E-state index >= 15 is 0 Å². The molecule has 0 saturated heterocycles. The lowest BCUT2D eigenvalue weighted by molar-refractivity contribution is 0.187. The number of methoxy groups -OCH3 is 2. The van der Waals surface area contributed by atoms with Gasteiger partial charge in [-0.1, -0.05) is 11.6 Å². The van der Waals surface area contributed by atoms with Crippen LogP contribution in [0.5, 0.6) is 5.75 Å². The summed E-state index contributed by atoms with van der Waals surface area (Å²) in [5.74, 6) is 0.496. The van der Waals surface area contributed by atoms with E-state index in [9.17, 15) is 4.79 Å². The maximum atomic E-state index is 11.0. The first kappa shape index (κ1) is 11.7. The van der Waals surface area contributed by atoms with Crippen LogP contribution in [0.1, 0.15) is 5.56 Å². The molecule has 1 N–H and O–H groups in total. The molecule has 0 fully saturated rings. The van der Waals surface area contributed by atoms with E-state index in [0.717, 1.165) is 5.56 Å². The van der Waals surface area contributed by atoms with Crippen molar-refractivity contribution in [1.29, 1.82) is 0 Å². The zero-order chi connectivity index (χ0) is 11.4. The summed E-state index contributed by atoms with van der Waals surface area (Å²) in [7, 11) is 2.80. The highest BCUT2D eigenvalue weighted by Gasteiger charge is 2.09. The molecule has 0 unspecified atom stereocenters. The summed E-state index contributed by atoms with van der Waals surface area (Å²) in [6, 6.07) is 3.36. The Hall–Kier alpha value is -1.42. The number of amides is 1. The molecule has 0 radical (unpaired) electrons. The van der Waals surface area contributed by atoms with Gasteiger partial charge in [0.05, 0.1) is 19.9 Å². The molecule has 0 aliphatic heterocycles. The van der Waals surface area contributed by atoms with Crippen LogP contribution in [0.3, 0.4) is 0 Å². The Morgan fingerprint density at radius 1 is 1.40 bits per heavy atom. The fraction of sp³-hybridized carbons (Fsp3) is 0.300. The quantitative estimate of drug-likeness (QED) is 0.848. The van der Waals surface area contributed by atoms with Crippen LogP contribution < -0.4 is 10.1 Å². The predicted molar refractivity (Wildman–Crippen MR) is 58.8 cm³/mol. The Morgan fingerprint density at radius 2 is 2.07 bits per heavy atom. The van der Waals surface area contributed by atoms with E-state index in [2.05, 4.69) is 10.1 Å². The van der Waals surface area contributed by atoms with E-state index in [4.69, 9.17) is 16.3 Å². The van der Waals surface area contributed by atoms with Crippen molar-refractivity contribution in [2.75, 3.05) is 19.5 Å². The van der Waals surface area contributed by atoms with Gasteiger partial charge in [-0.05, 0) is 18.6 Å². The Morgan fingerprint density at radius 3 is 2.60 bits per heavy atom. The zero-order valence-electron chi connectivity index (χ0n) is 8.76. The molecule has 1 amide bonds. The lowest BCUT2D eigenvalue weighted by Gasteiger charge is -2.11. The van der Waals surface area contributed by atoms with Crippen molar-refractivity contribution in [3.63, 3.8) is 0 Å². The number of ether oxygens (including phenoxy) is 2. The fourth-order valence-electron chi connectivity index (χ4n) is 1.09. The third kappa shape index (κ3) is 2.76. The van der Waals surface area contributed by atoms with Gasteiger partial charge in [0, 0.05) is 11.1 Å². The standard InChI is InChI=1S/C10H12ClNO3/c1-6-4-8(12-10(13)15-3)9(14-2)5-7(6)11/h4-5H,1-3H3,(H,12,13). The minimum absolute atomic E-state index is 0.496. The number of nitrogens with one attached hydrogen (secondary N) is 1. The normalized spacial score (nSPS) is 9.60. The number of carbonyl (C=O) groups is 1. The molecule has 0 aromatic heterocycles. The molecule has 1 aromatic carbocycles. The Bertz CT molecular complexity index is 379. The molecule has 15 heavy (non-hydrogen) atoms. The molecule has 4 nitrogen and oxygen atoms in total. The van der Waals surface area contributed by atoms with E-state index in [1.165, 1.54) is 14.2 Å². The lowest BCUT2D eigenvalue weighted by Crippen LogP contribution is -2.11. The van der Waals surface area contributed by atoms with Gasteiger partial charge in [-0.2, -0.15) is 0 Å². The second-order valence-electron chi connectivity index (χ2n) is 2.92. The minimum Gasteiger partial charge on any atom is -0.495 e. The van der Waals surface area contributed by atoms with Gasteiger partial charge in [-0.15, -0.1) is 0 Å². The summed E-state index contributed by atoms with van der Waals surface area (Å²) in [4.78, 5) is 11.0. The van der Waals surface area contributed by atoms with E-state index < -0.39 is 6.09 Å². The Kier molecular flexibility index (Phi) is 3.80. The summed E-state index contributed by atoms with van der Waals surface area (Å²) in [5, 5.41) is 3.12. The number of anilines is 1. The number of halogens is 1. The maximum Gasteiger partial charge on any atom is 0.411 e. The van der Waals surface area contributed by atoms with Crippen molar-refractivity contribution < 1.29 is 14.3 Å². The largest absolute Gasteiger partial charge is 0.495 e. The number of hydrogen-bond acceptors (Lipinski definition) is 3. The number of benzene rings is 1. The molecule has 5 heteroatoms. The van der Waals surface area contributed by atoms with Crippen molar-refractivity contribution in [1.82, 2.24) is 0 Å². The van der Waals surface area contributed by atoms with Crippen LogP contribution in [0.4, 0.5) is 10.5 Å². The molecule has 1 aromatic rings. The highest BCUT2D eigenvalue weighted by Crippen LogP contribution is 2.30. The molecular formula is C10H12ClNO3. The van der Waals surface area contributed by atoms with Crippen LogP contribution in [-0.2, 0) is 4.74 Å². The van der Waals surface area contributed by atoms with Gasteiger partial charge in [0.15, 0.2) is 0 Å². The first-order chi connectivity index (χ1) is 7.08. The Balaban J connectivity index is 3.05. The second kappa shape index (κ2) is 4.89. The zero-order valence-corrected chi connectivity index (χ0v) is 9.51. The highest BCUT2D eigenvalue weighted by atomic mass is 35.5. The van der Waals surface area contributed by atoms with Crippen LogP contribution in [0, 0.1) is 6.92 Å². The first-order valence-electron chi connectivity index (χ1n) is 4.27. The van der Waals surface area contributed by atoms with Gasteiger partial charge in [0.25, 0.3) is 0 Å². The third-order valence-electron chi connectivity index (χ3n) is 1.90. The van der Waals surface area contributed by atoms with Crippen molar-refractivity contribution >= 4 is 23.4 Å². The minimum atomic E-state index is -0.546. The predicted octanol–water partition coefficient (Wildman–Crippen LogP) is 2.84. The van der Waals surface area contributed by atoms with Crippen LogP contribution >= 0.6 is 11.6 Å². The molecule has 0 spiro atoms. The van der Waals surface area contributed by atoms with Gasteiger partial charge in [0.2, 0.25) is 0 Å². The second-order valence-corrected chi connectivity index (χ2v) is 3.33. The molecule has 0 aliphatic rings. The van der Waals surface area contributed by atoms with Gasteiger partial charge < -0.3 is 9.47 Å². The third-order valence-corrected chi connectivity index (χ3v) is 2.31. The molecule has 0 atom stereocenters. The van der Waals surface area contributed by atoms with Crippen molar-refractivity contribution in [3.8, 4) is 5.75 Å². The van der Waals surface area contributed by atoms with Crippen molar-refractivity contribution in [2.45, 2.75) is 6.92 Å². The SMILES string of the molecule is COC(=O)Nc1cc(C)c(Cl)cc1OC. The Labute approximate surface area is 93.1 Å². The van der Waals surface area contributed by atoms with Gasteiger partial charge in [-0.3, -0.25) is 5.32 Å². The fourth-order valence-corrected chi connectivity index (χ4v) is 1.24. The number of hydrogen-bond donors (Lipinski definition) is 1. The summed E-state index contributed by atoms with van der Waals surface area (Å²) in [6.45, 7) is 1.84. The highest BCUT2D eigenvalue weighted by molar-refractivity contribution is 6.31. The van der Waals surface area contributed by atoms with Crippen LogP contribution in [-0.4, -0.2) is 20.3 Å². The first-order valence-corrected chi connectivity index (χ1v) is 4.65. The van der Waals surface area contributed by atoms with Gasteiger partial charge in [0.1, 0.15) is 5.75 Å². The van der Waals surface area contributed by atoms with Gasteiger partial charge in [-0.25, -0.2) is 4.79 Å². The number of carbonyl (C=O) groups excluding carboxylic acids is 1. The molecule has 0 bridgehead atoms. The smallest absolute Gasteiger partial charge is 0.411 e. The summed E-state index contributed by atoms with van der Waals surface area (Å²) in [6.07, 6.45) is -0.546. The average Bonchev–Trinajstić information content (AvgIpc) is 2.22. The van der Waals surface area contributed by atoms with E-state index in [1.807, 2.05) is 6.92 Å². The summed E-state index contributed by atoms with van der Waals surface area (Å²) in [5.41, 5.74) is 1.38. The lowest BCUT2D eigenvalue weighted by atomic mass is 10.2. The maximum absolute atomic E-state index is 11.0. The molecular weight excluding hydrogens is 218 g/mol. The van der Waals surface area contributed by atoms with Crippen LogP contribution in [0.25, 0.3) is 0 Å². The number of aryl methyl sites for hydroxylation is 1. The van der Waals surface area contributed by atoms with Crippen LogP contribution in [0.2, 0.25) is 5.02 Å². The monoisotopic (exact) mass is 229 g/mol. The summed E-state index contributed by atoms with van der Waals surface area (Å²) < 4.78 is 9.56. The number of rotatable bonds is 2.